The highest BCUT2D eigenvalue weighted by Gasteiger charge is 2.39. The highest BCUT2D eigenvalue weighted by Crippen LogP contribution is 2.37. The molecule has 1 aliphatic carbocycles. The molecule has 3 aliphatic rings. The second-order valence-electron chi connectivity index (χ2n) is 7.72. The Morgan fingerprint density at radius 2 is 1.96 bits per heavy atom. The molecule has 0 unspecified atom stereocenters. The minimum Gasteiger partial charge on any atom is -0.381 e. The van der Waals surface area contributed by atoms with Crippen LogP contribution in [0.4, 0.5) is 5.82 Å². The molecule has 24 heavy (non-hydrogen) atoms. The number of nitrogens with zero attached hydrogens (tertiary/aromatic N) is 3. The molecule has 1 atom stereocenters. The lowest BCUT2D eigenvalue weighted by Crippen LogP contribution is -2.53. The summed E-state index contributed by atoms with van der Waals surface area (Å²) in [5.41, 5.74) is 1.48. The molecule has 132 valence electrons. The molecule has 1 saturated carbocycles. The zero-order valence-corrected chi connectivity index (χ0v) is 14.7. The van der Waals surface area contributed by atoms with Crippen LogP contribution in [0.25, 0.3) is 0 Å². The minimum atomic E-state index is 0.349. The molecule has 3 fully saturated rings. The molecule has 2 saturated heterocycles. The van der Waals surface area contributed by atoms with Crippen LogP contribution in [0.2, 0.25) is 0 Å². The predicted molar refractivity (Wildman–Crippen MR) is 95.3 cm³/mol. The van der Waals surface area contributed by atoms with Gasteiger partial charge < -0.3 is 10.1 Å². The van der Waals surface area contributed by atoms with Gasteiger partial charge in [-0.25, -0.2) is 9.97 Å². The van der Waals surface area contributed by atoms with Gasteiger partial charge in [0, 0.05) is 30.7 Å². The van der Waals surface area contributed by atoms with Crippen LogP contribution < -0.4 is 5.32 Å². The Balaban J connectivity index is 1.43. The first-order valence-electron chi connectivity index (χ1n) is 9.74. The number of nitrogens with one attached hydrogen (secondary N) is 1. The van der Waals surface area contributed by atoms with Crippen molar-refractivity contribution in [2.45, 2.75) is 62.8 Å². The van der Waals surface area contributed by atoms with Crippen LogP contribution in [0, 0.1) is 0 Å². The molecular weight excluding hydrogens is 300 g/mol. The third kappa shape index (κ3) is 3.42. The van der Waals surface area contributed by atoms with Gasteiger partial charge in [-0.15, -0.1) is 0 Å². The summed E-state index contributed by atoms with van der Waals surface area (Å²) in [6.07, 6.45) is 12.3. The Hall–Kier alpha value is -1.20. The van der Waals surface area contributed by atoms with Crippen molar-refractivity contribution in [1.29, 1.82) is 0 Å². The Morgan fingerprint density at radius 1 is 1.12 bits per heavy atom. The maximum atomic E-state index is 5.50. The van der Waals surface area contributed by atoms with E-state index in [2.05, 4.69) is 26.3 Å². The van der Waals surface area contributed by atoms with Crippen molar-refractivity contribution in [3.63, 3.8) is 0 Å². The van der Waals surface area contributed by atoms with Gasteiger partial charge in [-0.1, -0.05) is 19.3 Å². The molecule has 1 aromatic rings. The number of piperidine rings is 1. The molecule has 1 aromatic heterocycles. The maximum Gasteiger partial charge on any atom is 0.129 e. The molecule has 0 radical (unpaired) electrons. The van der Waals surface area contributed by atoms with Crippen molar-refractivity contribution in [2.75, 3.05) is 38.2 Å². The van der Waals surface area contributed by atoms with E-state index in [1.165, 1.54) is 58.0 Å². The summed E-state index contributed by atoms with van der Waals surface area (Å²) < 4.78 is 5.50. The average molecular weight is 330 g/mol. The van der Waals surface area contributed by atoms with Gasteiger partial charge in [0.05, 0.1) is 12.3 Å². The van der Waals surface area contributed by atoms with E-state index in [9.17, 15) is 0 Å². The van der Waals surface area contributed by atoms with E-state index in [1.54, 1.807) is 6.33 Å². The van der Waals surface area contributed by atoms with Crippen molar-refractivity contribution >= 4 is 5.82 Å². The summed E-state index contributed by atoms with van der Waals surface area (Å²) in [5.74, 6) is 1.42. The quantitative estimate of drug-likeness (QED) is 0.898. The van der Waals surface area contributed by atoms with Crippen molar-refractivity contribution in [2.24, 2.45) is 0 Å². The normalized spacial score (nSPS) is 27.4. The van der Waals surface area contributed by atoms with E-state index in [0.29, 0.717) is 11.5 Å². The largest absolute Gasteiger partial charge is 0.381 e. The summed E-state index contributed by atoms with van der Waals surface area (Å²) in [6.45, 7) is 5.22. The van der Waals surface area contributed by atoms with Gasteiger partial charge in [0.1, 0.15) is 12.1 Å². The molecule has 0 aromatic carbocycles. The van der Waals surface area contributed by atoms with Gasteiger partial charge >= 0.3 is 0 Å². The van der Waals surface area contributed by atoms with Crippen molar-refractivity contribution in [1.82, 2.24) is 14.9 Å². The van der Waals surface area contributed by atoms with Crippen LogP contribution in [-0.2, 0) is 4.74 Å². The standard InChI is InChI=1S/C19H30N4O/c1-4-9-23(10-5-1)19(7-2-3-8-19)14-20-18-12-17(21-15-22-18)16-6-11-24-13-16/h12,15-16H,1-11,13-14H2,(H,20,21,22)/t16-/m1/s1. The summed E-state index contributed by atoms with van der Waals surface area (Å²) in [4.78, 5) is 11.7. The predicted octanol–water partition coefficient (Wildman–Crippen LogP) is 3.19. The summed E-state index contributed by atoms with van der Waals surface area (Å²) >= 11 is 0. The van der Waals surface area contributed by atoms with Crippen molar-refractivity contribution in [3.8, 4) is 0 Å². The maximum absolute atomic E-state index is 5.50. The van der Waals surface area contributed by atoms with Crippen molar-refractivity contribution < 1.29 is 4.74 Å². The first-order chi connectivity index (χ1) is 11.9. The number of hydrogen-bond donors (Lipinski definition) is 1. The highest BCUT2D eigenvalue weighted by atomic mass is 16.5. The lowest BCUT2D eigenvalue weighted by molar-refractivity contribution is 0.0808. The van der Waals surface area contributed by atoms with E-state index in [4.69, 9.17) is 4.74 Å². The smallest absolute Gasteiger partial charge is 0.129 e. The van der Waals surface area contributed by atoms with Crippen molar-refractivity contribution in [3.05, 3.63) is 18.1 Å². The molecule has 3 heterocycles. The fourth-order valence-electron chi connectivity index (χ4n) is 4.72. The van der Waals surface area contributed by atoms with Gasteiger partial charge in [-0.05, 0) is 45.2 Å². The van der Waals surface area contributed by atoms with E-state index < -0.39 is 0 Å². The fourth-order valence-corrected chi connectivity index (χ4v) is 4.72. The highest BCUT2D eigenvalue weighted by molar-refractivity contribution is 5.37. The third-order valence-electron chi connectivity index (χ3n) is 6.20. The topological polar surface area (TPSA) is 50.3 Å². The molecule has 0 amide bonds. The second kappa shape index (κ2) is 7.36. The molecule has 0 spiro atoms. The number of likely N-dealkylation sites (tertiary alicyclic amines) is 1. The van der Waals surface area contributed by atoms with Gasteiger partial charge in [-0.3, -0.25) is 4.90 Å². The number of hydrogen-bond acceptors (Lipinski definition) is 5. The van der Waals surface area contributed by atoms with Crippen LogP contribution in [0.3, 0.4) is 0 Å². The Labute approximate surface area is 145 Å². The minimum absolute atomic E-state index is 0.349. The van der Waals surface area contributed by atoms with Crippen LogP contribution in [0.1, 0.15) is 63.0 Å². The van der Waals surface area contributed by atoms with Gasteiger partial charge in [-0.2, -0.15) is 0 Å². The van der Waals surface area contributed by atoms with E-state index in [-0.39, 0.29) is 0 Å². The van der Waals surface area contributed by atoms with Crippen LogP contribution in [0.5, 0.6) is 0 Å². The number of aromatic nitrogens is 2. The van der Waals surface area contributed by atoms with Gasteiger partial charge in [0.25, 0.3) is 0 Å². The molecule has 2 aliphatic heterocycles. The second-order valence-corrected chi connectivity index (χ2v) is 7.72. The molecule has 1 N–H and O–H groups in total. The number of rotatable bonds is 5. The zero-order chi connectivity index (χ0) is 16.2. The summed E-state index contributed by atoms with van der Waals surface area (Å²) in [5, 5.41) is 3.65. The zero-order valence-electron chi connectivity index (χ0n) is 14.7. The first-order valence-corrected chi connectivity index (χ1v) is 9.74. The third-order valence-corrected chi connectivity index (χ3v) is 6.20. The first kappa shape index (κ1) is 16.3. The molecular formula is C19H30N4O. The average Bonchev–Trinajstić information content (AvgIpc) is 3.34. The Morgan fingerprint density at radius 3 is 2.71 bits per heavy atom. The number of anilines is 1. The van der Waals surface area contributed by atoms with Crippen LogP contribution >= 0.6 is 0 Å². The lowest BCUT2D eigenvalue weighted by Gasteiger charge is -2.43. The lowest BCUT2D eigenvalue weighted by atomic mass is 9.92. The van der Waals surface area contributed by atoms with Crippen LogP contribution in [-0.4, -0.2) is 53.3 Å². The molecule has 4 rings (SSSR count). The number of ether oxygens (including phenoxy) is 1. The Kier molecular flexibility index (Phi) is 4.99. The summed E-state index contributed by atoms with van der Waals surface area (Å²) in [6, 6.07) is 2.14. The van der Waals surface area contributed by atoms with E-state index >= 15 is 0 Å². The van der Waals surface area contributed by atoms with Gasteiger partial charge in [0.15, 0.2) is 0 Å². The summed E-state index contributed by atoms with van der Waals surface area (Å²) in [7, 11) is 0. The molecule has 5 nitrogen and oxygen atoms in total. The fraction of sp³-hybridized carbons (Fsp3) is 0.789. The molecule has 0 bridgehead atoms. The van der Waals surface area contributed by atoms with Crippen LogP contribution in [0.15, 0.2) is 12.4 Å². The van der Waals surface area contributed by atoms with E-state index in [0.717, 1.165) is 37.7 Å². The Bertz CT molecular complexity index is 532. The molecule has 5 heteroatoms. The van der Waals surface area contributed by atoms with Gasteiger partial charge in [0.2, 0.25) is 0 Å². The SMILES string of the molecule is c1nc(NCC2(N3CCCCC3)CCCC2)cc([C@@H]2CCOC2)n1. The van der Waals surface area contributed by atoms with E-state index in [1.807, 2.05) is 0 Å². The monoisotopic (exact) mass is 330 g/mol.